The molecule has 5 heterocycles. The average Bonchev–Trinajstić information content (AvgIpc) is 0.811. The largest absolute Gasteiger partial charge is 0.510 e. The lowest BCUT2D eigenvalue weighted by Crippen LogP contribution is -2.38. The number of nitrogens with one attached hydrogen (secondary N) is 2. The summed E-state index contributed by atoms with van der Waals surface area (Å²) in [6.45, 7) is 15.3. The lowest BCUT2D eigenvalue weighted by Gasteiger charge is -2.30. The highest BCUT2D eigenvalue weighted by Gasteiger charge is 2.38. The molecule has 0 amide bonds. The Labute approximate surface area is 788 Å². The summed E-state index contributed by atoms with van der Waals surface area (Å²) >= 11 is 0. The Morgan fingerprint density at radius 1 is 0.397 bits per heavy atom. The molecule has 0 fully saturated rings. The number of nitro groups is 5. The van der Waals surface area contributed by atoms with Gasteiger partial charge in [-0.25, -0.2) is 37.7 Å². The van der Waals surface area contributed by atoms with Gasteiger partial charge in [0, 0.05) is 81.3 Å². The van der Waals surface area contributed by atoms with Gasteiger partial charge in [-0.05, 0) is 165 Å². The maximum atomic E-state index is 13.0. The maximum absolute atomic E-state index is 13.0. The molecule has 0 aliphatic carbocycles. The van der Waals surface area contributed by atoms with Gasteiger partial charge in [-0.3, -0.25) is 121 Å². The molecule has 0 bridgehead atoms. The van der Waals surface area contributed by atoms with Crippen molar-refractivity contribution in [3.63, 3.8) is 0 Å². The van der Waals surface area contributed by atoms with E-state index in [1.807, 2.05) is 30.3 Å². The molecule has 49 nitrogen and oxygen atoms in total. The molecule has 736 valence electrons. The normalized spacial score (nSPS) is 13.4. The summed E-state index contributed by atoms with van der Waals surface area (Å²) in [6.07, 6.45) is 6.09. The fourth-order valence-corrected chi connectivity index (χ4v) is 15.8. The topological polar surface area (TPSA) is 638 Å². The van der Waals surface area contributed by atoms with Crippen LogP contribution in [-0.2, 0) is 94.0 Å². The van der Waals surface area contributed by atoms with Crippen LogP contribution in [0.3, 0.4) is 0 Å². The molecular formula is C80H97N12O37P5S2. The number of nitrogens with zero attached hydrogens (tertiary/aromatic N) is 10. The Hall–Kier alpha value is -12.1. The highest BCUT2D eigenvalue weighted by Crippen LogP contribution is 2.56. The molecule has 5 aromatic heterocycles. The standard InChI is InChI=1S/C21H22N3O7P.C18H25N2O7P.C15H18N3O7P.C15H17N2O10P.C11H11N2O6P.2H2S/c1-29-21(25)17(13-15-7-4-3-5-8-15)23-32(2,28)31-14-30-19-11-10-18(24(26)27)16-9-6-12-22-20(16)19;1-17(2,3)26-28(23,27-18(4,5)6)25-12-24-15-10-9-14(20(21)22)13-8-7-11-19-16(13)15;1-10(15(19)23-2)17-26(3,22)25-9-24-13-7-6-12(18(20)21)11-5-4-8-16-14(11)13;1-10(2)27-15(18)24-9-26-28(21,22)25-8-23-13-6-5-12(17(19)20)11-4-3-7-16-14(11)13;1-20(16,17)19-7-18-10-5-4-9(13(14)15)8-3-2-6-12-11(8)10;;/h3-12,17H,13-14H2,1-2H3,(H,23,28);7-11H,12H2,1-6H3;4-8,10H,9H2,1-3H3,(H,17,22);3-7,10H,8-9H2,1-2H3,(H,21,22);2-6H,7H2,1H3,(H,16,17);2*1H2/t17-,32?;;10-,26?;;;;/m0.0..../s1. The van der Waals surface area contributed by atoms with Crippen LogP contribution in [0.4, 0.5) is 33.2 Å². The number of phosphoric ester groups is 2. The number of pyridine rings is 5. The number of fused-ring (bicyclic) bond motifs is 5. The van der Waals surface area contributed by atoms with E-state index < -0.39 is 151 Å². The van der Waals surface area contributed by atoms with E-state index in [1.54, 1.807) is 104 Å². The number of ether oxygens (including phenoxy) is 9. The molecule has 56 heteroatoms. The van der Waals surface area contributed by atoms with Crippen molar-refractivity contribution in [3.05, 3.63) is 239 Å². The minimum absolute atomic E-state index is 0. The van der Waals surface area contributed by atoms with E-state index in [0.717, 1.165) is 12.2 Å². The van der Waals surface area contributed by atoms with Gasteiger partial charge in [0.25, 0.3) is 43.5 Å². The number of non-ortho nitro benzene ring substituents is 5. The number of rotatable bonds is 39. The number of nitro benzene ring substituents is 5. The van der Waals surface area contributed by atoms with E-state index in [9.17, 15) is 92.7 Å². The summed E-state index contributed by atoms with van der Waals surface area (Å²) in [7, 11) is -16.5. The second kappa shape index (κ2) is 52.3. The third-order valence-corrected chi connectivity index (χ3v) is 22.8. The summed E-state index contributed by atoms with van der Waals surface area (Å²) in [4.78, 5) is 126. The summed E-state index contributed by atoms with van der Waals surface area (Å²) in [5.41, 5.74) is 0.0681. The van der Waals surface area contributed by atoms with Crippen molar-refractivity contribution in [2.45, 2.75) is 98.1 Å². The van der Waals surface area contributed by atoms with Gasteiger partial charge in [-0.1, -0.05) is 30.3 Å². The fraction of sp³-hybridized carbons (Fsp3) is 0.325. The van der Waals surface area contributed by atoms with Crippen LogP contribution >= 0.6 is 65.3 Å². The Balaban J connectivity index is 0.000000301. The highest BCUT2D eigenvalue weighted by molar-refractivity contribution is 7.59. The minimum Gasteiger partial charge on any atom is -0.468 e. The Bertz CT molecular complexity index is 6250. The number of benzene rings is 6. The molecule has 0 spiro atoms. The highest BCUT2D eigenvalue weighted by atomic mass is 32.1. The molecule has 11 rings (SSSR count). The molecule has 0 saturated heterocycles. The monoisotopic (exact) mass is 2040 g/mol. The van der Waals surface area contributed by atoms with Crippen molar-refractivity contribution < 1.29 is 150 Å². The molecule has 4 N–H and O–H groups in total. The van der Waals surface area contributed by atoms with Crippen molar-refractivity contribution >= 4 is 166 Å². The van der Waals surface area contributed by atoms with Gasteiger partial charge in [0.15, 0.2) is 34.0 Å². The second-order valence-corrected chi connectivity index (χ2v) is 38.8. The molecule has 136 heavy (non-hydrogen) atoms. The number of esters is 2. The number of carbonyl (C=O) groups is 3. The maximum Gasteiger partial charge on any atom is 0.510 e. The number of carbonyl (C=O) groups excluding carboxylic acids is 3. The molecule has 0 saturated carbocycles. The van der Waals surface area contributed by atoms with E-state index in [1.165, 1.54) is 138 Å². The molecule has 6 atom stereocenters. The predicted octanol–water partition coefficient (Wildman–Crippen LogP) is 17.1. The van der Waals surface area contributed by atoms with Crippen LogP contribution in [-0.4, -0.2) is 182 Å². The quantitative estimate of drug-likeness (QED) is 0.00694. The van der Waals surface area contributed by atoms with Crippen molar-refractivity contribution in [1.29, 1.82) is 0 Å². The molecule has 0 aliphatic heterocycles. The van der Waals surface area contributed by atoms with E-state index in [0.29, 0.717) is 27.1 Å². The molecular weight excluding hydrogens is 1940 g/mol. The van der Waals surface area contributed by atoms with Gasteiger partial charge in [-0.15, -0.1) is 0 Å². The number of hydrogen-bond acceptors (Lipinski definition) is 40. The molecule has 11 aromatic rings. The van der Waals surface area contributed by atoms with Crippen LogP contribution in [0.5, 0.6) is 28.7 Å². The first-order chi connectivity index (χ1) is 62.9. The molecule has 6 aromatic carbocycles. The van der Waals surface area contributed by atoms with Crippen LogP contribution in [0.1, 0.15) is 67.9 Å². The van der Waals surface area contributed by atoms with Crippen LogP contribution in [0, 0.1) is 50.6 Å². The van der Waals surface area contributed by atoms with Crippen molar-refractivity contribution in [2.75, 3.05) is 75.0 Å². The van der Waals surface area contributed by atoms with Crippen molar-refractivity contribution in [2.24, 2.45) is 0 Å². The van der Waals surface area contributed by atoms with E-state index >= 15 is 0 Å². The summed E-state index contributed by atoms with van der Waals surface area (Å²) in [6, 6.07) is 36.3. The lowest BCUT2D eigenvalue weighted by molar-refractivity contribution is -0.383. The van der Waals surface area contributed by atoms with Gasteiger partial charge in [0.1, 0.15) is 68.4 Å². The average molecular weight is 2040 g/mol. The second-order valence-electron chi connectivity index (χ2n) is 29.5. The van der Waals surface area contributed by atoms with Crippen LogP contribution in [0.15, 0.2) is 183 Å². The van der Waals surface area contributed by atoms with Crippen LogP contribution in [0.25, 0.3) is 54.5 Å². The third-order valence-electron chi connectivity index (χ3n) is 16.6. The van der Waals surface area contributed by atoms with Gasteiger partial charge < -0.3 is 52.4 Å². The molecule has 4 unspecified atom stereocenters. The Kier molecular flexibility index (Phi) is 44.0. The van der Waals surface area contributed by atoms with Gasteiger partial charge in [-0.2, -0.15) is 27.0 Å². The summed E-state index contributed by atoms with van der Waals surface area (Å²) in [5, 5.41) is 62.2. The van der Waals surface area contributed by atoms with Crippen LogP contribution in [0.2, 0.25) is 0 Å². The molecule has 0 aliphatic rings. The van der Waals surface area contributed by atoms with E-state index in [4.69, 9.17) is 55.9 Å². The lowest BCUT2D eigenvalue weighted by atomic mass is 10.1. The van der Waals surface area contributed by atoms with Gasteiger partial charge in [0.2, 0.25) is 6.79 Å². The van der Waals surface area contributed by atoms with Gasteiger partial charge in [0.05, 0.1) is 83.1 Å². The zero-order chi connectivity index (χ0) is 99.1. The number of phosphoric acid groups is 2. The Morgan fingerprint density at radius 3 is 0.985 bits per heavy atom. The summed E-state index contributed by atoms with van der Waals surface area (Å²) in [5.74, 6) is -0.0998. The molecule has 0 radical (unpaired) electrons. The third kappa shape index (κ3) is 36.9. The predicted molar refractivity (Wildman–Crippen MR) is 500 cm³/mol. The van der Waals surface area contributed by atoms with Crippen LogP contribution < -0.4 is 33.9 Å². The summed E-state index contributed by atoms with van der Waals surface area (Å²) < 4.78 is 147. The fourth-order valence-electron chi connectivity index (χ4n) is 11.2. The van der Waals surface area contributed by atoms with E-state index in [2.05, 4.69) is 62.9 Å². The van der Waals surface area contributed by atoms with Gasteiger partial charge >= 0.3 is 41.3 Å². The first kappa shape index (κ1) is 114. The Morgan fingerprint density at radius 2 is 0.691 bits per heavy atom. The minimum atomic E-state index is -4.59. The zero-order valence-corrected chi connectivity index (χ0v) is 81.4. The van der Waals surface area contributed by atoms with E-state index in [-0.39, 0.29) is 118 Å². The smallest absolute Gasteiger partial charge is 0.468 e. The SMILES string of the molecule is CC(C)(C)OP(=O)(OCOc1ccc([N+](=O)[O-])c2cccnc12)OC(C)(C)C.CC(C)OC(=O)OCOP(=O)(O)OCOc1ccc([N+](=O)[O-])c2cccnc12.COC(=O)[C@H](C)NP(C)(=O)OCOc1ccc([N+](=O)[O-])c2cccnc12.COC(=O)[C@H](Cc1ccccc1)NP(C)(=O)OCOc1ccc([N+](=O)[O-])c2cccnc12.CP(=O)(O)OCOc1ccc([N+](=O)[O-])c2cccnc12.S.S. The number of hydrogen-bond donors (Lipinski definition) is 4. The first-order valence-corrected chi connectivity index (χ1v) is 48.1. The zero-order valence-electron chi connectivity index (χ0n) is 74.9. The first-order valence-electron chi connectivity index (χ1n) is 38.9. The number of aromatic nitrogens is 5. The number of methoxy groups -OCH3 is 2. The van der Waals surface area contributed by atoms with Crippen molar-refractivity contribution in [3.8, 4) is 28.7 Å². The van der Waals surface area contributed by atoms with Crippen molar-refractivity contribution in [1.82, 2.24) is 35.1 Å².